The Balaban J connectivity index is 2.75. The summed E-state index contributed by atoms with van der Waals surface area (Å²) in [4.78, 5) is 13.5. The maximum atomic E-state index is 12.1. The summed E-state index contributed by atoms with van der Waals surface area (Å²) in [7, 11) is 3.58. The topological polar surface area (TPSA) is 72.6 Å². The molecule has 0 bridgehead atoms. The number of nitrogens with zero attached hydrogens (tertiary/aromatic N) is 1. The largest absolute Gasteiger partial charge is 0.495 e. The Morgan fingerprint density at radius 1 is 1.44 bits per heavy atom. The van der Waals surface area contributed by atoms with E-state index >= 15 is 0 Å². The SMILES string of the molecule is COc1cc(N)ccc1S(=O)CCC(=O)N(C)C. The second kappa shape index (κ2) is 6.39. The molecule has 0 aliphatic rings. The normalized spacial score (nSPS) is 11.9. The number of methoxy groups -OCH3 is 1. The number of carbonyl (C=O) groups excluding carboxylic acids is 1. The molecular formula is C12H18N2O3S. The van der Waals surface area contributed by atoms with Crippen molar-refractivity contribution in [2.45, 2.75) is 11.3 Å². The van der Waals surface area contributed by atoms with Gasteiger partial charge in [0, 0.05) is 38.0 Å². The molecular weight excluding hydrogens is 252 g/mol. The Morgan fingerprint density at radius 2 is 2.11 bits per heavy atom. The van der Waals surface area contributed by atoms with Crippen LogP contribution >= 0.6 is 0 Å². The van der Waals surface area contributed by atoms with E-state index in [0.29, 0.717) is 16.3 Å². The van der Waals surface area contributed by atoms with Crippen molar-refractivity contribution in [1.82, 2.24) is 4.90 Å². The van der Waals surface area contributed by atoms with Crippen LogP contribution in [0, 0.1) is 0 Å². The van der Waals surface area contributed by atoms with Crippen LogP contribution in [0.15, 0.2) is 23.1 Å². The number of nitrogens with two attached hydrogens (primary N) is 1. The highest BCUT2D eigenvalue weighted by molar-refractivity contribution is 7.85. The van der Waals surface area contributed by atoms with Gasteiger partial charge >= 0.3 is 0 Å². The molecule has 100 valence electrons. The minimum atomic E-state index is -1.27. The molecule has 0 heterocycles. The summed E-state index contributed by atoms with van der Waals surface area (Å²) in [6, 6.07) is 4.97. The molecule has 0 saturated carbocycles. The van der Waals surface area contributed by atoms with Gasteiger partial charge in [0.05, 0.1) is 22.8 Å². The molecule has 0 spiro atoms. The van der Waals surface area contributed by atoms with Crippen molar-refractivity contribution in [3.05, 3.63) is 18.2 Å². The molecule has 6 heteroatoms. The number of benzene rings is 1. The van der Waals surface area contributed by atoms with Crippen molar-refractivity contribution in [1.29, 1.82) is 0 Å². The maximum absolute atomic E-state index is 12.1. The number of amides is 1. The number of nitrogen functional groups attached to an aromatic ring is 1. The minimum Gasteiger partial charge on any atom is -0.495 e. The summed E-state index contributed by atoms with van der Waals surface area (Å²) in [5.41, 5.74) is 6.18. The van der Waals surface area contributed by atoms with Crippen molar-refractivity contribution in [3.63, 3.8) is 0 Å². The van der Waals surface area contributed by atoms with Gasteiger partial charge in [-0.15, -0.1) is 0 Å². The van der Waals surface area contributed by atoms with Crippen molar-refractivity contribution in [3.8, 4) is 5.75 Å². The smallest absolute Gasteiger partial charge is 0.222 e. The van der Waals surface area contributed by atoms with Crippen molar-refractivity contribution in [2.24, 2.45) is 0 Å². The lowest BCUT2D eigenvalue weighted by atomic mass is 10.3. The number of rotatable bonds is 5. The van der Waals surface area contributed by atoms with E-state index in [-0.39, 0.29) is 18.1 Å². The number of ether oxygens (including phenoxy) is 1. The van der Waals surface area contributed by atoms with E-state index in [4.69, 9.17) is 10.5 Å². The number of hydrogen-bond acceptors (Lipinski definition) is 4. The van der Waals surface area contributed by atoms with Gasteiger partial charge in [-0.1, -0.05) is 0 Å². The van der Waals surface area contributed by atoms with E-state index in [2.05, 4.69) is 0 Å². The van der Waals surface area contributed by atoms with Crippen molar-refractivity contribution < 1.29 is 13.7 Å². The number of anilines is 1. The summed E-state index contributed by atoms with van der Waals surface area (Å²) in [6.45, 7) is 0. The molecule has 0 saturated heterocycles. The van der Waals surface area contributed by atoms with Crippen LogP contribution < -0.4 is 10.5 Å². The van der Waals surface area contributed by atoms with Crippen LogP contribution in [0.25, 0.3) is 0 Å². The zero-order valence-corrected chi connectivity index (χ0v) is 11.6. The summed E-state index contributed by atoms with van der Waals surface area (Å²) < 4.78 is 17.2. The average Bonchev–Trinajstić information content (AvgIpc) is 2.34. The first-order chi connectivity index (χ1) is 8.45. The van der Waals surface area contributed by atoms with Gasteiger partial charge in [-0.25, -0.2) is 0 Å². The van der Waals surface area contributed by atoms with Gasteiger partial charge in [0.1, 0.15) is 5.75 Å². The molecule has 18 heavy (non-hydrogen) atoms. The Kier molecular flexibility index (Phi) is 5.15. The van der Waals surface area contributed by atoms with E-state index in [1.54, 1.807) is 32.3 Å². The summed E-state index contributed by atoms with van der Waals surface area (Å²) >= 11 is 0. The monoisotopic (exact) mass is 270 g/mol. The van der Waals surface area contributed by atoms with Crippen LogP contribution in [0.2, 0.25) is 0 Å². The highest BCUT2D eigenvalue weighted by Gasteiger charge is 2.13. The van der Waals surface area contributed by atoms with Gasteiger partial charge in [0.25, 0.3) is 0 Å². The lowest BCUT2D eigenvalue weighted by Crippen LogP contribution is -2.23. The fourth-order valence-electron chi connectivity index (χ4n) is 1.39. The van der Waals surface area contributed by atoms with Crippen molar-refractivity contribution >= 4 is 22.4 Å². The fraction of sp³-hybridized carbons (Fsp3) is 0.417. The van der Waals surface area contributed by atoms with Crippen LogP contribution in [0.4, 0.5) is 5.69 Å². The van der Waals surface area contributed by atoms with E-state index in [1.807, 2.05) is 0 Å². The Morgan fingerprint density at radius 3 is 2.67 bits per heavy atom. The zero-order valence-electron chi connectivity index (χ0n) is 10.8. The molecule has 1 aromatic rings. The van der Waals surface area contributed by atoms with Gasteiger partial charge in [-0.3, -0.25) is 9.00 Å². The van der Waals surface area contributed by atoms with E-state index in [0.717, 1.165) is 0 Å². The third kappa shape index (κ3) is 3.73. The average molecular weight is 270 g/mol. The van der Waals surface area contributed by atoms with Gasteiger partial charge < -0.3 is 15.4 Å². The van der Waals surface area contributed by atoms with E-state index in [9.17, 15) is 9.00 Å². The van der Waals surface area contributed by atoms with Crippen LogP contribution in [-0.4, -0.2) is 42.0 Å². The molecule has 2 N–H and O–H groups in total. The molecule has 0 radical (unpaired) electrons. The first kappa shape index (κ1) is 14.5. The highest BCUT2D eigenvalue weighted by atomic mass is 32.2. The number of carbonyl (C=O) groups is 1. The Bertz CT molecular complexity index is 461. The van der Waals surface area contributed by atoms with E-state index < -0.39 is 10.8 Å². The first-order valence-corrected chi connectivity index (χ1v) is 6.79. The van der Waals surface area contributed by atoms with E-state index in [1.165, 1.54) is 12.0 Å². The Labute approximate surface area is 109 Å². The predicted octanol–water partition coefficient (Wildman–Crippen LogP) is 0.863. The van der Waals surface area contributed by atoms with Crippen LogP contribution in [0.5, 0.6) is 5.75 Å². The Hall–Kier alpha value is -1.56. The molecule has 1 atom stereocenters. The zero-order chi connectivity index (χ0) is 13.7. The molecule has 0 aromatic heterocycles. The summed E-state index contributed by atoms with van der Waals surface area (Å²) in [5.74, 6) is 0.723. The molecule has 5 nitrogen and oxygen atoms in total. The third-order valence-corrected chi connectivity index (χ3v) is 3.84. The quantitative estimate of drug-likeness (QED) is 0.806. The lowest BCUT2D eigenvalue weighted by Gasteiger charge is -2.11. The molecule has 1 aromatic carbocycles. The molecule has 1 unspecified atom stereocenters. The molecule has 1 amide bonds. The van der Waals surface area contributed by atoms with Crippen LogP contribution in [-0.2, 0) is 15.6 Å². The summed E-state index contributed by atoms with van der Waals surface area (Å²) in [5, 5.41) is 0. The fourth-order valence-corrected chi connectivity index (χ4v) is 2.55. The highest BCUT2D eigenvalue weighted by Crippen LogP contribution is 2.25. The van der Waals surface area contributed by atoms with Gasteiger partial charge in [-0.2, -0.15) is 0 Å². The molecule has 0 aliphatic carbocycles. The second-order valence-corrected chi connectivity index (χ2v) is 5.54. The van der Waals surface area contributed by atoms with Gasteiger partial charge in [-0.05, 0) is 12.1 Å². The molecule has 1 rings (SSSR count). The standard InChI is InChI=1S/C12H18N2O3S/c1-14(2)12(15)6-7-18(16)11-5-4-9(13)8-10(11)17-3/h4-5,8H,6-7,13H2,1-3H3. The second-order valence-electron chi connectivity index (χ2n) is 4.00. The van der Waals surface area contributed by atoms with Gasteiger partial charge in [0.15, 0.2) is 0 Å². The van der Waals surface area contributed by atoms with Crippen LogP contribution in [0.3, 0.4) is 0 Å². The maximum Gasteiger partial charge on any atom is 0.222 e. The first-order valence-electron chi connectivity index (χ1n) is 5.47. The molecule has 0 aliphatic heterocycles. The van der Waals surface area contributed by atoms with Crippen molar-refractivity contribution in [2.75, 3.05) is 32.7 Å². The van der Waals surface area contributed by atoms with Crippen LogP contribution in [0.1, 0.15) is 6.42 Å². The summed E-state index contributed by atoms with van der Waals surface area (Å²) in [6.07, 6.45) is 0.243. The lowest BCUT2D eigenvalue weighted by molar-refractivity contribution is -0.128. The molecule has 0 fully saturated rings. The van der Waals surface area contributed by atoms with Gasteiger partial charge in [0.2, 0.25) is 5.91 Å². The third-order valence-electron chi connectivity index (χ3n) is 2.43. The number of hydrogen-bond donors (Lipinski definition) is 1. The minimum absolute atomic E-state index is 0.0437. The predicted molar refractivity (Wildman–Crippen MR) is 72.0 cm³/mol.